The Balaban J connectivity index is 1.75. The van der Waals surface area contributed by atoms with E-state index in [9.17, 15) is 15.3 Å². The van der Waals surface area contributed by atoms with Crippen molar-refractivity contribution in [2.24, 2.45) is 0 Å². The molecule has 8 heteroatoms. The number of phenols is 2. The highest BCUT2D eigenvalue weighted by atomic mass is 16.3. The molecule has 0 saturated heterocycles. The Labute approximate surface area is 137 Å². The van der Waals surface area contributed by atoms with E-state index < -0.39 is 6.01 Å². The third-order valence-corrected chi connectivity index (χ3v) is 3.19. The summed E-state index contributed by atoms with van der Waals surface area (Å²) in [4.78, 5) is 11.7. The smallest absolute Gasteiger partial charge is 0.319 e. The van der Waals surface area contributed by atoms with Crippen LogP contribution in [0.25, 0.3) is 11.4 Å². The average molecular weight is 325 g/mol. The van der Waals surface area contributed by atoms with E-state index in [0.29, 0.717) is 12.1 Å². The van der Waals surface area contributed by atoms with Gasteiger partial charge in [0.2, 0.25) is 5.95 Å². The van der Waals surface area contributed by atoms with Crippen molar-refractivity contribution in [2.75, 3.05) is 5.43 Å². The molecule has 0 aliphatic rings. The van der Waals surface area contributed by atoms with E-state index in [0.717, 1.165) is 5.56 Å². The van der Waals surface area contributed by atoms with E-state index in [4.69, 9.17) is 0 Å². The molecule has 1 heterocycles. The Morgan fingerprint density at radius 1 is 0.833 bits per heavy atom. The third kappa shape index (κ3) is 3.68. The average Bonchev–Trinajstić information content (AvgIpc) is 2.58. The summed E-state index contributed by atoms with van der Waals surface area (Å²) in [5.74, 6) is -0.271. The van der Waals surface area contributed by atoms with Crippen molar-refractivity contribution >= 4 is 5.95 Å². The summed E-state index contributed by atoms with van der Waals surface area (Å²) in [6.45, 7) is 0.530. The molecular weight excluding hydrogens is 310 g/mol. The van der Waals surface area contributed by atoms with Gasteiger partial charge < -0.3 is 15.3 Å². The highest BCUT2D eigenvalue weighted by Gasteiger charge is 2.10. The first kappa shape index (κ1) is 15.5. The molecule has 3 rings (SSSR count). The lowest BCUT2D eigenvalue weighted by Crippen LogP contribution is -2.22. The van der Waals surface area contributed by atoms with Gasteiger partial charge in [0, 0.05) is 12.1 Å². The van der Waals surface area contributed by atoms with E-state index in [-0.39, 0.29) is 23.3 Å². The minimum atomic E-state index is -0.462. The number of phenolic OH excluding ortho intramolecular Hbond substituents is 2. The number of anilines is 1. The van der Waals surface area contributed by atoms with Crippen molar-refractivity contribution in [3.05, 3.63) is 54.1 Å². The van der Waals surface area contributed by atoms with E-state index in [2.05, 4.69) is 25.8 Å². The zero-order valence-electron chi connectivity index (χ0n) is 12.5. The van der Waals surface area contributed by atoms with E-state index in [1.54, 1.807) is 0 Å². The summed E-state index contributed by atoms with van der Waals surface area (Å²) in [6, 6.07) is 13.4. The molecular formula is C16H15N5O3. The van der Waals surface area contributed by atoms with Crippen LogP contribution in [0.5, 0.6) is 17.5 Å². The quantitative estimate of drug-likeness (QED) is 0.355. The second kappa shape index (κ2) is 6.80. The number of hydrogen-bond donors (Lipinski definition) is 5. The predicted octanol–water partition coefficient (Wildman–Crippen LogP) is 1.77. The summed E-state index contributed by atoms with van der Waals surface area (Å²) < 4.78 is 0. The molecule has 0 bridgehead atoms. The van der Waals surface area contributed by atoms with Gasteiger partial charge in [0.05, 0.1) is 0 Å². The standard InChI is InChI=1S/C16H15N5O3/c22-12-7-6-11(8-13(12)23)14-18-15(20-16(24)19-14)21-17-9-10-4-2-1-3-5-10/h1-8,17,22-23H,9H2,(H2,18,19,20,21,24). The van der Waals surface area contributed by atoms with Crippen LogP contribution in [0.4, 0.5) is 5.95 Å². The lowest BCUT2D eigenvalue weighted by atomic mass is 10.2. The maximum Gasteiger partial charge on any atom is 0.319 e. The highest BCUT2D eigenvalue weighted by molar-refractivity contribution is 5.61. The zero-order chi connectivity index (χ0) is 16.9. The molecule has 0 amide bonds. The van der Waals surface area contributed by atoms with Crippen molar-refractivity contribution < 1.29 is 15.3 Å². The van der Waals surface area contributed by atoms with Gasteiger partial charge in [0.25, 0.3) is 0 Å². The van der Waals surface area contributed by atoms with Crippen LogP contribution in [0, 0.1) is 0 Å². The van der Waals surface area contributed by atoms with Crippen molar-refractivity contribution in [3.63, 3.8) is 0 Å². The summed E-state index contributed by atoms with van der Waals surface area (Å²) >= 11 is 0. The molecule has 0 aliphatic heterocycles. The van der Waals surface area contributed by atoms with Gasteiger partial charge in [-0.3, -0.25) is 5.43 Å². The lowest BCUT2D eigenvalue weighted by molar-refractivity contribution is 0.404. The number of aromatic nitrogens is 3. The fraction of sp³-hybridized carbons (Fsp3) is 0.0625. The SMILES string of the molecule is Oc1nc(NNCc2ccccc2)nc(-c2ccc(O)c(O)c2)n1. The molecule has 0 saturated carbocycles. The molecule has 0 spiro atoms. The first-order valence-corrected chi connectivity index (χ1v) is 7.12. The molecule has 0 aliphatic carbocycles. The predicted molar refractivity (Wildman–Crippen MR) is 87.2 cm³/mol. The molecule has 0 atom stereocenters. The normalized spacial score (nSPS) is 10.5. The van der Waals surface area contributed by atoms with E-state index in [1.807, 2.05) is 30.3 Å². The molecule has 3 aromatic rings. The Morgan fingerprint density at radius 2 is 1.62 bits per heavy atom. The maximum absolute atomic E-state index is 9.65. The van der Waals surface area contributed by atoms with Crippen molar-refractivity contribution in [1.29, 1.82) is 0 Å². The van der Waals surface area contributed by atoms with Crippen LogP contribution in [-0.2, 0) is 6.54 Å². The zero-order valence-corrected chi connectivity index (χ0v) is 12.5. The molecule has 5 N–H and O–H groups in total. The largest absolute Gasteiger partial charge is 0.504 e. The van der Waals surface area contributed by atoms with Crippen molar-refractivity contribution in [1.82, 2.24) is 20.4 Å². The molecule has 8 nitrogen and oxygen atoms in total. The number of hydrazine groups is 1. The molecule has 0 radical (unpaired) electrons. The summed E-state index contributed by atoms with van der Waals surface area (Å²) in [5.41, 5.74) is 7.21. The fourth-order valence-corrected chi connectivity index (χ4v) is 2.03. The van der Waals surface area contributed by atoms with Gasteiger partial charge in [-0.2, -0.15) is 15.0 Å². The number of rotatable bonds is 5. The van der Waals surface area contributed by atoms with Gasteiger partial charge >= 0.3 is 6.01 Å². The minimum absolute atomic E-state index is 0.126. The fourth-order valence-electron chi connectivity index (χ4n) is 2.03. The van der Waals surface area contributed by atoms with Crippen LogP contribution < -0.4 is 10.9 Å². The Morgan fingerprint density at radius 3 is 2.38 bits per heavy atom. The number of hydrogen-bond acceptors (Lipinski definition) is 8. The monoisotopic (exact) mass is 325 g/mol. The third-order valence-electron chi connectivity index (χ3n) is 3.19. The summed E-state index contributed by atoms with van der Waals surface area (Å²) in [5, 5.41) is 28.6. The summed E-state index contributed by atoms with van der Waals surface area (Å²) in [6.07, 6.45) is 0. The molecule has 0 fully saturated rings. The van der Waals surface area contributed by atoms with Gasteiger partial charge in [0.1, 0.15) is 0 Å². The van der Waals surface area contributed by atoms with Crippen molar-refractivity contribution in [3.8, 4) is 28.9 Å². The van der Waals surface area contributed by atoms with Crippen LogP contribution in [0.3, 0.4) is 0 Å². The number of nitrogens with zero attached hydrogens (tertiary/aromatic N) is 3. The summed E-state index contributed by atoms with van der Waals surface area (Å²) in [7, 11) is 0. The number of nitrogens with one attached hydrogen (secondary N) is 2. The van der Waals surface area contributed by atoms with Gasteiger partial charge in [-0.1, -0.05) is 30.3 Å². The van der Waals surface area contributed by atoms with Crippen molar-refractivity contribution in [2.45, 2.75) is 6.54 Å². The molecule has 24 heavy (non-hydrogen) atoms. The number of aromatic hydroxyl groups is 3. The Kier molecular flexibility index (Phi) is 4.39. The van der Waals surface area contributed by atoms with Crippen LogP contribution in [-0.4, -0.2) is 30.3 Å². The van der Waals surface area contributed by atoms with Crippen LogP contribution in [0.2, 0.25) is 0 Å². The van der Waals surface area contributed by atoms with Crippen LogP contribution in [0.15, 0.2) is 48.5 Å². The van der Waals surface area contributed by atoms with Gasteiger partial charge in [-0.25, -0.2) is 5.43 Å². The van der Waals surface area contributed by atoms with Crippen LogP contribution >= 0.6 is 0 Å². The Hall–Kier alpha value is -3.39. The minimum Gasteiger partial charge on any atom is -0.504 e. The highest BCUT2D eigenvalue weighted by Crippen LogP contribution is 2.29. The van der Waals surface area contributed by atoms with E-state index in [1.165, 1.54) is 18.2 Å². The molecule has 122 valence electrons. The van der Waals surface area contributed by atoms with E-state index >= 15 is 0 Å². The van der Waals surface area contributed by atoms with Crippen LogP contribution in [0.1, 0.15) is 5.56 Å². The molecule has 2 aromatic carbocycles. The maximum atomic E-state index is 9.65. The van der Waals surface area contributed by atoms with Gasteiger partial charge in [0.15, 0.2) is 17.3 Å². The number of benzene rings is 2. The second-order valence-electron chi connectivity index (χ2n) is 4.95. The molecule has 1 aromatic heterocycles. The first-order chi connectivity index (χ1) is 11.6. The first-order valence-electron chi connectivity index (χ1n) is 7.12. The molecule has 0 unspecified atom stereocenters. The Bertz CT molecular complexity index is 842. The van der Waals surface area contributed by atoms with Gasteiger partial charge in [-0.15, -0.1) is 0 Å². The second-order valence-corrected chi connectivity index (χ2v) is 4.95. The topological polar surface area (TPSA) is 123 Å². The lowest BCUT2D eigenvalue weighted by Gasteiger charge is -2.09. The van der Waals surface area contributed by atoms with Gasteiger partial charge in [-0.05, 0) is 23.8 Å².